The summed E-state index contributed by atoms with van der Waals surface area (Å²) in [5.74, 6) is 0. The number of halogens is 1. The zero-order chi connectivity index (χ0) is 21.0. The van der Waals surface area contributed by atoms with Gasteiger partial charge in [-0.05, 0) is 23.8 Å². The third-order valence-electron chi connectivity index (χ3n) is 1.71. The Kier molecular flexibility index (Phi) is 28.6. The molecule has 0 saturated heterocycles. The van der Waals surface area contributed by atoms with Gasteiger partial charge in [-0.25, -0.2) is 11.1 Å². The molecule has 0 aromatic heterocycles. The van der Waals surface area contributed by atoms with Gasteiger partial charge in [0.1, 0.15) is 0 Å². The van der Waals surface area contributed by atoms with Gasteiger partial charge in [-0.2, -0.15) is 48.5 Å². The van der Waals surface area contributed by atoms with Gasteiger partial charge in [-0.15, -0.1) is 12.1 Å². The van der Waals surface area contributed by atoms with Crippen LogP contribution < -0.4 is 0 Å². The van der Waals surface area contributed by atoms with Crippen LogP contribution in [0.2, 0.25) is 0 Å². The second-order valence-corrected chi connectivity index (χ2v) is 16.1. The van der Waals surface area contributed by atoms with Crippen molar-refractivity contribution in [3.05, 3.63) is 60.7 Å². The fourth-order valence-electron chi connectivity index (χ4n) is 1.12. The Balaban J connectivity index is -0.000000317. The molecule has 0 fully saturated rings. The maximum Gasteiger partial charge on any atom is -0.144 e. The van der Waals surface area contributed by atoms with Crippen molar-refractivity contribution in [1.29, 1.82) is 0 Å². The van der Waals surface area contributed by atoms with Crippen molar-refractivity contribution in [2.45, 2.75) is 0 Å². The van der Waals surface area contributed by atoms with E-state index in [1.807, 2.05) is 48.5 Å². The molecule has 0 aliphatic heterocycles. The standard InChI is InChI=1S/C12H8.3C3H9P.ClH.Ir/c1-3-7-11(8-4-1)12-9-5-2-6-10-12;3*1-4(2)3;;/h1-7,9H;3*1-3H3;1H;/q-2;;;;;+3/p+2. The van der Waals surface area contributed by atoms with E-state index >= 15 is 0 Å². The molecule has 0 aliphatic rings. The van der Waals surface area contributed by atoms with Crippen LogP contribution in [0, 0.1) is 12.1 Å². The van der Waals surface area contributed by atoms with E-state index < -0.39 is 0 Å². The van der Waals surface area contributed by atoms with E-state index in [1.54, 1.807) is 0 Å². The molecule has 0 amide bonds. The first kappa shape index (κ1) is 31.4. The van der Waals surface area contributed by atoms with Crippen LogP contribution in [-0.2, 0) is 17.9 Å². The molecule has 0 unspecified atom stereocenters. The molecule has 150 valence electrons. The van der Waals surface area contributed by atoms with Gasteiger partial charge in [-0.3, -0.25) is 0 Å². The zero-order valence-electron chi connectivity index (χ0n) is 17.8. The first-order chi connectivity index (χ1) is 12.2. The summed E-state index contributed by atoms with van der Waals surface area (Å²) in [6, 6.07) is 22.1. The van der Waals surface area contributed by atoms with E-state index in [0.29, 0.717) is 0 Å². The van der Waals surface area contributed by atoms with Crippen molar-refractivity contribution in [2.24, 2.45) is 0 Å². The van der Waals surface area contributed by atoms with Crippen molar-refractivity contribution >= 4 is 33.3 Å². The molecule has 2 aromatic carbocycles. The normalized spacial score (nSPS) is 8.85. The van der Waals surface area contributed by atoms with Crippen molar-refractivity contribution < 1.29 is 17.9 Å². The molecular weight excluding hydrogens is 573 g/mol. The molecule has 0 N–H and O–H groups in total. The summed E-state index contributed by atoms with van der Waals surface area (Å²) >= 11 is 1.47. The topological polar surface area (TPSA) is 0 Å². The average molecular weight is 611 g/mol. The minimum absolute atomic E-state index is 0.120. The maximum atomic E-state index is 4.64. The van der Waals surface area contributed by atoms with Crippen molar-refractivity contribution in [1.82, 2.24) is 0 Å². The molecule has 5 heteroatoms. The van der Waals surface area contributed by atoms with E-state index in [0.717, 1.165) is 11.1 Å². The molecule has 0 heterocycles. The number of hydrogen-bond donors (Lipinski definition) is 0. The molecule has 0 radical (unpaired) electrons. The molecule has 0 nitrogen and oxygen atoms in total. The maximum absolute atomic E-state index is 4.64. The Morgan fingerprint density at radius 1 is 0.577 bits per heavy atom. The number of benzene rings is 2. The summed E-state index contributed by atoms with van der Waals surface area (Å²) in [4.78, 5) is 0. The Morgan fingerprint density at radius 2 is 0.808 bits per heavy atom. The Hall–Kier alpha value is 0.669. The van der Waals surface area contributed by atoms with E-state index in [4.69, 9.17) is 0 Å². The first-order valence-corrected chi connectivity index (χ1v) is 20.5. The smallest absolute Gasteiger partial charge is 0.144 e. The average Bonchev–Trinajstić information content (AvgIpc) is 2.57. The summed E-state index contributed by atoms with van der Waals surface area (Å²) in [6.45, 7) is 20.4. The fourth-order valence-corrected chi connectivity index (χ4v) is 1.12. The number of rotatable bonds is 1. The molecule has 0 atom stereocenters. The summed E-state index contributed by atoms with van der Waals surface area (Å²) in [6.07, 6.45) is 0. The quantitative estimate of drug-likeness (QED) is 0.243. The van der Waals surface area contributed by atoms with Crippen LogP contribution in [0.4, 0.5) is 0 Å². The SMILES string of the molecule is C[PH+](C)C.C[PH+](C)C.C[PH+](C)C.[Cl][Ir+2].[c-]1ccccc1-c1[c-]cccc1. The van der Waals surface area contributed by atoms with Crippen LogP contribution in [0.25, 0.3) is 11.1 Å². The second-order valence-electron chi connectivity index (χ2n) is 7.05. The van der Waals surface area contributed by atoms with Gasteiger partial charge < -0.3 is 0 Å². The predicted molar refractivity (Wildman–Crippen MR) is 134 cm³/mol. The molecule has 2 rings (SSSR count). The van der Waals surface area contributed by atoms with Gasteiger partial charge in [-0.1, -0.05) is 0 Å². The second kappa shape index (κ2) is 23.7. The van der Waals surface area contributed by atoms with Crippen LogP contribution in [0.1, 0.15) is 0 Å². The summed E-state index contributed by atoms with van der Waals surface area (Å²) in [7, 11) is 5.00. The van der Waals surface area contributed by atoms with Gasteiger partial charge in [0.15, 0.2) is 0 Å². The van der Waals surface area contributed by atoms with Crippen LogP contribution in [0.3, 0.4) is 0 Å². The van der Waals surface area contributed by atoms with Crippen LogP contribution in [0.15, 0.2) is 48.5 Å². The zero-order valence-corrected chi connectivity index (χ0v) is 24.0. The molecule has 0 bridgehead atoms. The monoisotopic (exact) mass is 611 g/mol. The summed E-state index contributed by atoms with van der Waals surface area (Å²) in [5.41, 5.74) is 2.19. The van der Waals surface area contributed by atoms with Gasteiger partial charge in [0.25, 0.3) is 0 Å². The van der Waals surface area contributed by atoms with E-state index in [9.17, 15) is 0 Å². The van der Waals surface area contributed by atoms with E-state index in [1.165, 1.54) is 17.9 Å². The van der Waals surface area contributed by atoms with E-state index in [-0.39, 0.29) is 23.8 Å². The van der Waals surface area contributed by atoms with Crippen LogP contribution in [-0.4, -0.2) is 60.0 Å². The predicted octanol–water partition coefficient (Wildman–Crippen LogP) is 6.91. The van der Waals surface area contributed by atoms with Crippen LogP contribution in [0.5, 0.6) is 0 Å². The molecule has 26 heavy (non-hydrogen) atoms. The molecular formula is C21H38ClIrP3+3. The van der Waals surface area contributed by atoms with Crippen LogP contribution >= 0.6 is 33.3 Å². The molecule has 0 aliphatic carbocycles. The number of hydrogen-bond acceptors (Lipinski definition) is 0. The fraction of sp³-hybridized carbons (Fsp3) is 0.429. The van der Waals surface area contributed by atoms with E-state index in [2.05, 4.69) is 81.7 Å². The largest absolute Gasteiger partial charge is 0.226 e. The van der Waals surface area contributed by atoms with Gasteiger partial charge in [0, 0.05) is 60.0 Å². The van der Waals surface area contributed by atoms with Gasteiger partial charge in [0.05, 0.1) is 0 Å². The van der Waals surface area contributed by atoms with Crippen molar-refractivity contribution in [3.63, 3.8) is 0 Å². The minimum atomic E-state index is 0.120. The molecule has 0 spiro atoms. The Labute approximate surface area is 182 Å². The van der Waals surface area contributed by atoms with Crippen molar-refractivity contribution in [3.8, 4) is 11.1 Å². The molecule has 2 aromatic rings. The first-order valence-electron chi connectivity index (χ1n) is 8.53. The third kappa shape index (κ3) is 32.4. The Morgan fingerprint density at radius 3 is 0.962 bits per heavy atom. The minimum Gasteiger partial charge on any atom is -0.226 e. The summed E-state index contributed by atoms with van der Waals surface area (Å²) < 4.78 is 0. The van der Waals surface area contributed by atoms with Crippen molar-refractivity contribution in [2.75, 3.05) is 60.0 Å². The Bertz CT molecular complexity index is 417. The van der Waals surface area contributed by atoms with Gasteiger partial charge >= 0.3 is 27.5 Å². The third-order valence-corrected chi connectivity index (χ3v) is 1.71. The summed E-state index contributed by atoms with van der Waals surface area (Å²) in [5, 5.41) is 0. The molecule has 0 saturated carbocycles. The van der Waals surface area contributed by atoms with Gasteiger partial charge in [0.2, 0.25) is 0 Å².